The van der Waals surface area contributed by atoms with Crippen molar-refractivity contribution in [2.45, 2.75) is 38.8 Å². The van der Waals surface area contributed by atoms with Crippen molar-refractivity contribution >= 4 is 22.4 Å². The topological polar surface area (TPSA) is 105 Å². The summed E-state index contributed by atoms with van der Waals surface area (Å²) in [7, 11) is -3.96. The van der Waals surface area contributed by atoms with E-state index < -0.39 is 28.4 Å². The molecule has 0 aliphatic carbocycles. The summed E-state index contributed by atoms with van der Waals surface area (Å²) in [4.78, 5) is 25.0. The maximum absolute atomic E-state index is 11.9. The largest absolute Gasteiger partial charge is 0.446 e. The summed E-state index contributed by atoms with van der Waals surface area (Å²) in [5.74, 6) is 0. The van der Waals surface area contributed by atoms with Gasteiger partial charge in [-0.2, -0.15) is 12.7 Å². The summed E-state index contributed by atoms with van der Waals surface area (Å²) in [6, 6.07) is -0.413. The predicted octanol–water partition coefficient (Wildman–Crippen LogP) is 0.166. The first-order valence-corrected chi connectivity index (χ1v) is 7.34. The molecule has 19 heavy (non-hydrogen) atoms. The maximum Gasteiger partial charge on any atom is 0.422 e. The zero-order valence-corrected chi connectivity index (χ0v) is 11.6. The third kappa shape index (κ3) is 4.98. The van der Waals surface area contributed by atoms with Crippen LogP contribution in [0.5, 0.6) is 0 Å². The molecule has 1 N–H and O–H groups in total. The highest BCUT2D eigenvalue weighted by Gasteiger charge is 2.30. The number of aliphatic imine (C=N–C) groups is 1. The third-order valence-corrected chi connectivity index (χ3v) is 3.93. The van der Waals surface area contributed by atoms with Crippen LogP contribution in [0.2, 0.25) is 0 Å². The van der Waals surface area contributed by atoms with Gasteiger partial charge in [0.15, 0.2) is 0 Å². The molecule has 1 unspecified atom stereocenters. The van der Waals surface area contributed by atoms with Crippen molar-refractivity contribution in [3.8, 4) is 0 Å². The van der Waals surface area contributed by atoms with Gasteiger partial charge in [0.2, 0.25) is 6.08 Å². The molecule has 1 amide bonds. The van der Waals surface area contributed by atoms with Crippen molar-refractivity contribution in [2.24, 2.45) is 4.99 Å². The number of hydrogen-bond acceptors (Lipinski definition) is 6. The van der Waals surface area contributed by atoms with Crippen LogP contribution >= 0.6 is 0 Å². The molecule has 108 valence electrons. The van der Waals surface area contributed by atoms with Gasteiger partial charge in [0.1, 0.15) is 0 Å². The molecule has 0 aromatic rings. The standard InChI is InChI=1S/C10H17N3O5S/c1-8(2)18-10(15)12-19(16,17)13-5-3-4-9(6-13)11-7-14/h8-9H,3-6H2,1-2H3,(H,12,15). The van der Waals surface area contributed by atoms with Gasteiger partial charge in [-0.15, -0.1) is 0 Å². The molecule has 0 aromatic heterocycles. The van der Waals surface area contributed by atoms with E-state index in [9.17, 15) is 18.0 Å². The quantitative estimate of drug-likeness (QED) is 0.587. The second kappa shape index (κ2) is 6.65. The molecule has 1 fully saturated rings. The first-order chi connectivity index (χ1) is 8.85. The van der Waals surface area contributed by atoms with E-state index in [4.69, 9.17) is 4.74 Å². The van der Waals surface area contributed by atoms with E-state index in [0.29, 0.717) is 12.8 Å². The molecule has 1 aliphatic rings. The number of isocyanates is 1. The van der Waals surface area contributed by atoms with Crippen LogP contribution in [0.15, 0.2) is 4.99 Å². The van der Waals surface area contributed by atoms with Crippen molar-refractivity contribution < 1.29 is 22.7 Å². The van der Waals surface area contributed by atoms with Gasteiger partial charge in [-0.25, -0.2) is 19.3 Å². The lowest BCUT2D eigenvalue weighted by atomic mass is 10.1. The minimum Gasteiger partial charge on any atom is -0.446 e. The highest BCUT2D eigenvalue weighted by atomic mass is 32.2. The van der Waals surface area contributed by atoms with Gasteiger partial charge in [0.05, 0.1) is 12.1 Å². The Bertz CT molecular complexity index is 470. The lowest BCUT2D eigenvalue weighted by Gasteiger charge is -2.28. The van der Waals surface area contributed by atoms with E-state index in [1.807, 2.05) is 4.72 Å². The normalized spacial score (nSPS) is 20.7. The molecule has 0 aromatic carbocycles. The molecule has 1 aliphatic heterocycles. The number of hydrogen-bond donors (Lipinski definition) is 1. The molecule has 0 saturated carbocycles. The van der Waals surface area contributed by atoms with Gasteiger partial charge in [-0.1, -0.05) is 0 Å². The highest BCUT2D eigenvalue weighted by Crippen LogP contribution is 2.15. The van der Waals surface area contributed by atoms with Crippen molar-refractivity contribution in [1.82, 2.24) is 9.03 Å². The van der Waals surface area contributed by atoms with E-state index >= 15 is 0 Å². The van der Waals surface area contributed by atoms with Crippen molar-refractivity contribution in [2.75, 3.05) is 13.1 Å². The van der Waals surface area contributed by atoms with Crippen LogP contribution in [0.1, 0.15) is 26.7 Å². The fraction of sp³-hybridized carbons (Fsp3) is 0.800. The van der Waals surface area contributed by atoms with Crippen LogP contribution in [0.4, 0.5) is 4.79 Å². The highest BCUT2D eigenvalue weighted by molar-refractivity contribution is 7.87. The number of piperidine rings is 1. The third-order valence-electron chi connectivity index (χ3n) is 2.49. The summed E-state index contributed by atoms with van der Waals surface area (Å²) in [6.07, 6.45) is 1.18. The number of ether oxygens (including phenoxy) is 1. The molecule has 9 heteroatoms. The second-order valence-electron chi connectivity index (χ2n) is 4.44. The van der Waals surface area contributed by atoms with Gasteiger partial charge in [0, 0.05) is 13.1 Å². The molecular formula is C10H17N3O5S. The fourth-order valence-electron chi connectivity index (χ4n) is 1.73. The molecular weight excluding hydrogens is 274 g/mol. The zero-order valence-electron chi connectivity index (χ0n) is 10.8. The minimum absolute atomic E-state index is 0.0551. The lowest BCUT2D eigenvalue weighted by molar-refractivity contribution is 0.120. The Hall–Kier alpha value is -1.44. The number of carbonyl (C=O) groups excluding carboxylic acids is 2. The molecule has 1 saturated heterocycles. The number of carbonyl (C=O) groups is 1. The van der Waals surface area contributed by atoms with Gasteiger partial charge in [0.25, 0.3) is 0 Å². The molecule has 8 nitrogen and oxygen atoms in total. The average Bonchev–Trinajstić information content (AvgIpc) is 2.27. The van der Waals surface area contributed by atoms with Crippen LogP contribution in [-0.4, -0.2) is 50.1 Å². The Morgan fingerprint density at radius 1 is 1.53 bits per heavy atom. The fourth-order valence-corrected chi connectivity index (χ4v) is 2.85. The van der Waals surface area contributed by atoms with Gasteiger partial charge in [-0.3, -0.25) is 0 Å². The zero-order chi connectivity index (χ0) is 14.5. The lowest BCUT2D eigenvalue weighted by Crippen LogP contribution is -2.49. The molecule has 1 rings (SSSR count). The Morgan fingerprint density at radius 2 is 2.21 bits per heavy atom. The summed E-state index contributed by atoms with van der Waals surface area (Å²) in [6.45, 7) is 3.55. The average molecular weight is 291 g/mol. The number of nitrogens with one attached hydrogen (secondary N) is 1. The van der Waals surface area contributed by atoms with Crippen molar-refractivity contribution in [3.05, 3.63) is 0 Å². The second-order valence-corrected chi connectivity index (χ2v) is 6.11. The maximum atomic E-state index is 11.9. The predicted molar refractivity (Wildman–Crippen MR) is 66.4 cm³/mol. The van der Waals surface area contributed by atoms with Crippen LogP contribution in [0.3, 0.4) is 0 Å². The van der Waals surface area contributed by atoms with Crippen molar-refractivity contribution in [1.29, 1.82) is 0 Å². The van der Waals surface area contributed by atoms with Crippen LogP contribution < -0.4 is 4.72 Å². The van der Waals surface area contributed by atoms with E-state index in [1.165, 1.54) is 6.08 Å². The summed E-state index contributed by atoms with van der Waals surface area (Å²) in [5.41, 5.74) is 0. The number of rotatable bonds is 4. The Morgan fingerprint density at radius 3 is 2.79 bits per heavy atom. The van der Waals surface area contributed by atoms with Crippen LogP contribution in [-0.2, 0) is 19.7 Å². The molecule has 0 radical (unpaired) electrons. The summed E-state index contributed by atoms with van der Waals surface area (Å²) < 4.78 is 31.4. The van der Waals surface area contributed by atoms with E-state index in [2.05, 4.69) is 4.99 Å². The molecule has 0 spiro atoms. The summed E-state index contributed by atoms with van der Waals surface area (Å²) >= 11 is 0. The molecule has 1 atom stereocenters. The van der Waals surface area contributed by atoms with E-state index in [0.717, 1.165) is 4.31 Å². The smallest absolute Gasteiger partial charge is 0.422 e. The molecule has 1 heterocycles. The SMILES string of the molecule is CC(C)OC(=O)NS(=O)(=O)N1CCCC(N=C=O)C1. The Kier molecular flexibility index (Phi) is 5.46. The van der Waals surface area contributed by atoms with Crippen LogP contribution in [0.25, 0.3) is 0 Å². The first kappa shape index (κ1) is 15.6. The summed E-state index contributed by atoms with van der Waals surface area (Å²) in [5, 5.41) is 0. The van der Waals surface area contributed by atoms with Gasteiger partial charge in [-0.05, 0) is 26.7 Å². The molecule has 0 bridgehead atoms. The van der Waals surface area contributed by atoms with E-state index in [1.54, 1.807) is 13.8 Å². The minimum atomic E-state index is -3.96. The first-order valence-electron chi connectivity index (χ1n) is 5.90. The van der Waals surface area contributed by atoms with Crippen LogP contribution in [0, 0.1) is 0 Å². The van der Waals surface area contributed by atoms with E-state index in [-0.39, 0.29) is 13.1 Å². The Balaban J connectivity index is 2.66. The monoisotopic (exact) mass is 291 g/mol. The van der Waals surface area contributed by atoms with Crippen molar-refractivity contribution in [3.63, 3.8) is 0 Å². The van der Waals surface area contributed by atoms with Gasteiger partial charge < -0.3 is 4.74 Å². The van der Waals surface area contributed by atoms with Gasteiger partial charge >= 0.3 is 16.3 Å². The Labute approximate surface area is 112 Å². The number of nitrogens with zero attached hydrogens (tertiary/aromatic N) is 2. The number of amides is 1.